The monoisotopic (exact) mass is 298 g/mol. The Morgan fingerprint density at radius 1 is 1.29 bits per heavy atom. The van der Waals surface area contributed by atoms with E-state index in [2.05, 4.69) is 5.10 Å². The lowest BCUT2D eigenvalue weighted by Crippen LogP contribution is -2.22. The molecule has 0 aliphatic heterocycles. The van der Waals surface area contributed by atoms with Crippen molar-refractivity contribution in [1.29, 1.82) is 0 Å². The second-order valence-electron chi connectivity index (χ2n) is 4.27. The molecule has 2 rings (SSSR count). The lowest BCUT2D eigenvalue weighted by atomic mass is 10.2. The number of rotatable bonds is 3. The lowest BCUT2D eigenvalue weighted by Gasteiger charge is -2.12. The van der Waals surface area contributed by atoms with Crippen molar-refractivity contribution in [3.63, 3.8) is 0 Å². The first kappa shape index (κ1) is 14.8. The molecule has 0 atom stereocenters. The van der Waals surface area contributed by atoms with Gasteiger partial charge < -0.3 is 5.11 Å². The minimum Gasteiger partial charge on any atom is -0.481 e. The van der Waals surface area contributed by atoms with Crippen LogP contribution in [-0.2, 0) is 11.2 Å². The number of carboxylic acids is 1. The van der Waals surface area contributed by atoms with Crippen LogP contribution in [0.4, 0.5) is 13.2 Å². The average molecular weight is 298 g/mol. The van der Waals surface area contributed by atoms with Gasteiger partial charge >= 0.3 is 5.97 Å². The van der Waals surface area contributed by atoms with Crippen LogP contribution in [0, 0.1) is 24.4 Å². The van der Waals surface area contributed by atoms with E-state index in [1.165, 1.54) is 6.92 Å². The first-order valence-corrected chi connectivity index (χ1v) is 5.76. The molecule has 0 saturated heterocycles. The Labute approximate surface area is 116 Å². The van der Waals surface area contributed by atoms with Gasteiger partial charge in [-0.05, 0) is 19.1 Å². The molecule has 1 aromatic heterocycles. The fourth-order valence-corrected chi connectivity index (χ4v) is 1.77. The number of hydrogen-bond donors (Lipinski definition) is 1. The summed E-state index contributed by atoms with van der Waals surface area (Å²) in [4.78, 5) is 22.2. The molecule has 0 radical (unpaired) electrons. The number of aryl methyl sites for hydroxylation is 1. The fraction of sp³-hybridized carbons (Fsp3) is 0.154. The van der Waals surface area contributed by atoms with E-state index in [9.17, 15) is 22.8 Å². The molecule has 0 spiro atoms. The molecule has 0 amide bonds. The van der Waals surface area contributed by atoms with Gasteiger partial charge in [0.05, 0.1) is 6.42 Å². The van der Waals surface area contributed by atoms with Gasteiger partial charge in [-0.3, -0.25) is 9.59 Å². The van der Waals surface area contributed by atoms with Crippen molar-refractivity contribution in [1.82, 2.24) is 9.78 Å². The molecule has 1 aromatic carbocycles. The Balaban J connectivity index is 2.67. The summed E-state index contributed by atoms with van der Waals surface area (Å²) in [6, 6.07) is 2.71. The summed E-state index contributed by atoms with van der Waals surface area (Å²) in [6.45, 7) is 1.40. The van der Waals surface area contributed by atoms with Crippen molar-refractivity contribution in [2.75, 3.05) is 0 Å². The number of aromatic nitrogens is 2. The van der Waals surface area contributed by atoms with Crippen molar-refractivity contribution in [2.45, 2.75) is 13.3 Å². The van der Waals surface area contributed by atoms with E-state index in [-0.39, 0.29) is 11.4 Å². The predicted octanol–water partition coefficient (Wildman–Crippen LogP) is 1.59. The molecule has 21 heavy (non-hydrogen) atoms. The van der Waals surface area contributed by atoms with E-state index in [0.717, 1.165) is 16.8 Å². The van der Waals surface area contributed by atoms with E-state index < -0.39 is 41.0 Å². The van der Waals surface area contributed by atoms with Gasteiger partial charge in [0.2, 0.25) is 5.43 Å². The van der Waals surface area contributed by atoms with E-state index in [1.807, 2.05) is 0 Å². The number of carboxylic acid groups (broad SMARTS) is 1. The maximum absolute atomic E-state index is 13.8. The smallest absolute Gasteiger partial charge is 0.309 e. The van der Waals surface area contributed by atoms with Crippen LogP contribution in [0.25, 0.3) is 5.69 Å². The Morgan fingerprint density at radius 2 is 1.95 bits per heavy atom. The van der Waals surface area contributed by atoms with Crippen LogP contribution in [0.3, 0.4) is 0 Å². The topological polar surface area (TPSA) is 72.2 Å². The van der Waals surface area contributed by atoms with Gasteiger partial charge in [-0.25, -0.2) is 17.9 Å². The number of aliphatic carboxylic acids is 1. The SMILES string of the molecule is Cc1cc(=O)c(CC(=O)O)nn1-c1ccc(F)c(F)c1F. The van der Waals surface area contributed by atoms with Gasteiger partial charge in [-0.1, -0.05) is 0 Å². The van der Waals surface area contributed by atoms with Crippen LogP contribution in [0.5, 0.6) is 0 Å². The number of carbonyl (C=O) groups is 1. The fourth-order valence-electron chi connectivity index (χ4n) is 1.77. The maximum Gasteiger partial charge on any atom is 0.309 e. The zero-order chi connectivity index (χ0) is 15.7. The van der Waals surface area contributed by atoms with Crippen LogP contribution < -0.4 is 5.43 Å². The van der Waals surface area contributed by atoms with Crippen LogP contribution in [0.2, 0.25) is 0 Å². The van der Waals surface area contributed by atoms with Crippen molar-refractivity contribution < 1.29 is 23.1 Å². The van der Waals surface area contributed by atoms with Crippen molar-refractivity contribution in [3.05, 3.63) is 57.3 Å². The van der Waals surface area contributed by atoms with Gasteiger partial charge in [-0.2, -0.15) is 5.10 Å². The molecule has 0 fully saturated rings. The molecule has 0 unspecified atom stereocenters. The Hall–Kier alpha value is -2.64. The largest absolute Gasteiger partial charge is 0.481 e. The average Bonchev–Trinajstić information content (AvgIpc) is 2.40. The molecule has 5 nitrogen and oxygen atoms in total. The molecule has 0 aliphatic carbocycles. The third-order valence-corrected chi connectivity index (χ3v) is 2.74. The van der Waals surface area contributed by atoms with Crippen molar-refractivity contribution in [3.8, 4) is 5.69 Å². The summed E-state index contributed by atoms with van der Waals surface area (Å²) in [5.41, 5.74) is -1.23. The first-order valence-electron chi connectivity index (χ1n) is 5.76. The summed E-state index contributed by atoms with van der Waals surface area (Å²) >= 11 is 0. The van der Waals surface area contributed by atoms with E-state index in [1.54, 1.807) is 0 Å². The maximum atomic E-state index is 13.8. The quantitative estimate of drug-likeness (QED) is 0.873. The first-order chi connectivity index (χ1) is 9.81. The normalized spacial score (nSPS) is 10.7. The van der Waals surface area contributed by atoms with Crippen LogP contribution in [-0.4, -0.2) is 20.9 Å². The molecule has 0 saturated carbocycles. The lowest BCUT2D eigenvalue weighted by molar-refractivity contribution is -0.136. The van der Waals surface area contributed by atoms with E-state index in [0.29, 0.717) is 6.07 Å². The molecular formula is C13H9F3N2O3. The van der Waals surface area contributed by atoms with Gasteiger partial charge in [0.25, 0.3) is 0 Å². The van der Waals surface area contributed by atoms with Gasteiger partial charge in [-0.15, -0.1) is 0 Å². The third kappa shape index (κ3) is 2.78. The highest BCUT2D eigenvalue weighted by atomic mass is 19.2. The van der Waals surface area contributed by atoms with Gasteiger partial charge in [0.1, 0.15) is 11.4 Å². The molecule has 8 heteroatoms. The highest BCUT2D eigenvalue weighted by Gasteiger charge is 2.18. The molecule has 1 N–H and O–H groups in total. The van der Waals surface area contributed by atoms with Crippen molar-refractivity contribution >= 4 is 5.97 Å². The molecule has 110 valence electrons. The third-order valence-electron chi connectivity index (χ3n) is 2.74. The Morgan fingerprint density at radius 3 is 2.57 bits per heavy atom. The second-order valence-corrected chi connectivity index (χ2v) is 4.27. The summed E-state index contributed by atoms with van der Waals surface area (Å²) in [7, 11) is 0. The summed E-state index contributed by atoms with van der Waals surface area (Å²) in [5, 5.41) is 12.4. The van der Waals surface area contributed by atoms with E-state index in [4.69, 9.17) is 5.11 Å². The van der Waals surface area contributed by atoms with Crippen LogP contribution in [0.1, 0.15) is 11.4 Å². The highest BCUT2D eigenvalue weighted by Crippen LogP contribution is 2.19. The van der Waals surface area contributed by atoms with E-state index >= 15 is 0 Å². The van der Waals surface area contributed by atoms with Gasteiger partial charge in [0, 0.05) is 11.8 Å². The Bertz CT molecular complexity index is 787. The van der Waals surface area contributed by atoms with Crippen LogP contribution in [0.15, 0.2) is 23.0 Å². The zero-order valence-electron chi connectivity index (χ0n) is 10.7. The summed E-state index contributed by atoms with van der Waals surface area (Å²) < 4.78 is 40.8. The number of benzene rings is 1. The predicted molar refractivity (Wildman–Crippen MR) is 65.8 cm³/mol. The number of halogens is 3. The summed E-state index contributed by atoms with van der Waals surface area (Å²) in [5.74, 6) is -5.80. The standard InChI is InChI=1S/C13H9F3N2O3/c1-6-4-10(19)8(5-11(20)21)17-18(6)9-3-2-7(14)12(15)13(9)16/h2-4H,5H2,1H3,(H,20,21). The second kappa shape index (κ2) is 5.39. The number of hydrogen-bond acceptors (Lipinski definition) is 3. The van der Waals surface area contributed by atoms with Crippen molar-refractivity contribution in [2.24, 2.45) is 0 Å². The molecule has 0 aliphatic rings. The minimum absolute atomic E-state index is 0.152. The Kier molecular flexibility index (Phi) is 3.79. The molecule has 1 heterocycles. The summed E-state index contributed by atoms with van der Waals surface area (Å²) in [6.07, 6.45) is -0.662. The highest BCUT2D eigenvalue weighted by molar-refractivity contribution is 5.69. The molecule has 2 aromatic rings. The minimum atomic E-state index is -1.67. The van der Waals surface area contributed by atoms with Gasteiger partial charge in [0.15, 0.2) is 17.5 Å². The molecular weight excluding hydrogens is 289 g/mol. The number of nitrogens with zero attached hydrogens (tertiary/aromatic N) is 2. The zero-order valence-corrected chi connectivity index (χ0v) is 10.7. The van der Waals surface area contributed by atoms with Crippen LogP contribution >= 0.6 is 0 Å². The molecule has 0 bridgehead atoms.